The van der Waals surface area contributed by atoms with Gasteiger partial charge in [0.15, 0.2) is 13.2 Å². The van der Waals surface area contributed by atoms with E-state index in [1.807, 2.05) is 31.2 Å². The van der Waals surface area contributed by atoms with Crippen LogP contribution in [0, 0.1) is 30.1 Å². The molecule has 5 heteroatoms. The van der Waals surface area contributed by atoms with Crippen molar-refractivity contribution >= 4 is 11.9 Å². The van der Waals surface area contributed by atoms with Gasteiger partial charge in [-0.3, -0.25) is 4.79 Å². The first-order chi connectivity index (χ1) is 13.4. The summed E-state index contributed by atoms with van der Waals surface area (Å²) in [5.41, 5.74) is 1.21. The molecule has 1 N–H and O–H groups in total. The van der Waals surface area contributed by atoms with Gasteiger partial charge in [0.25, 0.3) is 5.91 Å². The van der Waals surface area contributed by atoms with Gasteiger partial charge in [0.2, 0.25) is 0 Å². The van der Waals surface area contributed by atoms with E-state index in [0.29, 0.717) is 5.75 Å². The summed E-state index contributed by atoms with van der Waals surface area (Å²) in [7, 11) is 0. The van der Waals surface area contributed by atoms with E-state index in [9.17, 15) is 9.59 Å². The Morgan fingerprint density at radius 3 is 2.29 bits per heavy atom. The number of nitrogens with one attached hydrogen (secondary N) is 1. The molecule has 0 radical (unpaired) electrons. The molecule has 5 rings (SSSR count). The van der Waals surface area contributed by atoms with Crippen LogP contribution in [0.2, 0.25) is 0 Å². The van der Waals surface area contributed by atoms with E-state index < -0.39 is 5.97 Å². The van der Waals surface area contributed by atoms with Gasteiger partial charge in [-0.05, 0) is 87.2 Å². The maximum Gasteiger partial charge on any atom is 0.344 e. The number of aryl methyl sites for hydroxylation is 1. The number of para-hydroxylation sites is 1. The minimum atomic E-state index is -0.527. The molecule has 0 aromatic heterocycles. The third-order valence-electron chi connectivity index (χ3n) is 7.19. The monoisotopic (exact) mass is 385 g/mol. The highest BCUT2D eigenvalue weighted by Crippen LogP contribution is 2.61. The van der Waals surface area contributed by atoms with E-state index in [4.69, 9.17) is 9.47 Å². The molecular weight excluding hydrogens is 354 g/mol. The molecule has 0 aliphatic heterocycles. The fourth-order valence-corrected chi connectivity index (χ4v) is 6.19. The number of hydrogen-bond acceptors (Lipinski definition) is 4. The maximum absolute atomic E-state index is 12.4. The topological polar surface area (TPSA) is 64.6 Å². The Bertz CT molecular complexity index is 709. The van der Waals surface area contributed by atoms with Crippen molar-refractivity contribution in [1.29, 1.82) is 0 Å². The van der Waals surface area contributed by atoms with Crippen LogP contribution in [-0.2, 0) is 14.3 Å². The highest BCUT2D eigenvalue weighted by Gasteiger charge is 2.53. The molecule has 4 aliphatic carbocycles. The molecule has 152 valence electrons. The van der Waals surface area contributed by atoms with E-state index >= 15 is 0 Å². The van der Waals surface area contributed by atoms with Crippen LogP contribution in [0.25, 0.3) is 0 Å². The summed E-state index contributed by atoms with van der Waals surface area (Å²) in [6, 6.07) is 7.63. The number of benzene rings is 1. The third kappa shape index (κ3) is 4.03. The van der Waals surface area contributed by atoms with Crippen molar-refractivity contribution in [2.45, 2.75) is 58.4 Å². The molecule has 1 atom stereocenters. The van der Waals surface area contributed by atoms with E-state index in [-0.39, 0.29) is 30.6 Å². The molecule has 1 aromatic carbocycles. The molecule has 0 heterocycles. The summed E-state index contributed by atoms with van der Waals surface area (Å²) in [4.78, 5) is 24.3. The number of carbonyl (C=O) groups is 2. The predicted molar refractivity (Wildman–Crippen MR) is 106 cm³/mol. The Labute approximate surface area is 167 Å². The molecule has 4 aliphatic rings. The van der Waals surface area contributed by atoms with Crippen LogP contribution in [0.4, 0.5) is 0 Å². The largest absolute Gasteiger partial charge is 0.482 e. The zero-order chi connectivity index (χ0) is 19.7. The Morgan fingerprint density at radius 2 is 1.68 bits per heavy atom. The number of esters is 1. The molecule has 1 aromatic rings. The minimum absolute atomic E-state index is 0.135. The maximum atomic E-state index is 12.4. The highest BCUT2D eigenvalue weighted by molar-refractivity contribution is 5.81. The summed E-state index contributed by atoms with van der Waals surface area (Å²) in [5.74, 6) is 2.46. The number of ether oxygens (including phenoxy) is 2. The minimum Gasteiger partial charge on any atom is -0.482 e. The first kappa shape index (κ1) is 19.3. The fourth-order valence-electron chi connectivity index (χ4n) is 6.19. The summed E-state index contributed by atoms with van der Waals surface area (Å²) < 4.78 is 10.6. The van der Waals surface area contributed by atoms with E-state index in [2.05, 4.69) is 12.2 Å². The molecule has 0 unspecified atom stereocenters. The summed E-state index contributed by atoms with van der Waals surface area (Å²) >= 11 is 0. The number of hydrogen-bond donors (Lipinski definition) is 1. The van der Waals surface area contributed by atoms with Crippen molar-refractivity contribution in [3.8, 4) is 5.75 Å². The molecule has 28 heavy (non-hydrogen) atoms. The van der Waals surface area contributed by atoms with Gasteiger partial charge < -0.3 is 14.8 Å². The van der Waals surface area contributed by atoms with E-state index in [1.54, 1.807) is 0 Å². The van der Waals surface area contributed by atoms with Crippen molar-refractivity contribution < 1.29 is 19.1 Å². The van der Waals surface area contributed by atoms with Gasteiger partial charge in [0.05, 0.1) is 0 Å². The molecule has 4 bridgehead atoms. The first-order valence-corrected chi connectivity index (χ1v) is 10.6. The average Bonchev–Trinajstić information content (AvgIpc) is 2.64. The van der Waals surface area contributed by atoms with Crippen molar-refractivity contribution in [2.24, 2.45) is 23.2 Å². The number of rotatable bonds is 7. The highest BCUT2D eigenvalue weighted by atomic mass is 16.6. The Morgan fingerprint density at radius 1 is 1.07 bits per heavy atom. The number of amides is 1. The molecule has 1 amide bonds. The van der Waals surface area contributed by atoms with Crippen molar-refractivity contribution in [3.63, 3.8) is 0 Å². The van der Waals surface area contributed by atoms with Gasteiger partial charge in [0.1, 0.15) is 5.75 Å². The van der Waals surface area contributed by atoms with Crippen molar-refractivity contribution in [3.05, 3.63) is 29.8 Å². The van der Waals surface area contributed by atoms with Crippen LogP contribution in [-0.4, -0.2) is 31.1 Å². The van der Waals surface area contributed by atoms with Crippen LogP contribution < -0.4 is 10.1 Å². The molecule has 0 spiro atoms. The van der Waals surface area contributed by atoms with Crippen molar-refractivity contribution in [2.75, 3.05) is 13.2 Å². The Balaban J connectivity index is 1.22. The van der Waals surface area contributed by atoms with E-state index in [1.165, 1.54) is 38.5 Å². The Hall–Kier alpha value is -2.04. The van der Waals surface area contributed by atoms with Crippen LogP contribution in [0.5, 0.6) is 5.75 Å². The average molecular weight is 386 g/mol. The second-order valence-corrected chi connectivity index (χ2v) is 9.28. The SMILES string of the molecule is Cc1ccccc1OCC(=O)OCC(=O)N[C@@H](C)C12CC3CC(CC(C3)C1)C2. The lowest BCUT2D eigenvalue weighted by molar-refractivity contribution is -0.151. The third-order valence-corrected chi connectivity index (χ3v) is 7.19. The molecule has 0 saturated heterocycles. The van der Waals surface area contributed by atoms with Crippen LogP contribution >= 0.6 is 0 Å². The standard InChI is InChI=1S/C23H31NO4/c1-15-5-3-4-6-20(15)27-14-22(26)28-13-21(25)24-16(2)23-10-17-7-18(11-23)9-19(8-17)12-23/h3-6,16-19H,7-14H2,1-2H3,(H,24,25)/t16-,17?,18?,19?,23?/m0/s1. The fraction of sp³-hybridized carbons (Fsp3) is 0.652. The van der Waals surface area contributed by atoms with Crippen LogP contribution in [0.1, 0.15) is 51.0 Å². The van der Waals surface area contributed by atoms with Gasteiger partial charge >= 0.3 is 5.97 Å². The van der Waals surface area contributed by atoms with Crippen molar-refractivity contribution in [1.82, 2.24) is 5.32 Å². The lowest BCUT2D eigenvalue weighted by atomic mass is 9.48. The first-order valence-electron chi connectivity index (χ1n) is 10.6. The van der Waals surface area contributed by atoms with Crippen LogP contribution in [0.15, 0.2) is 24.3 Å². The van der Waals surface area contributed by atoms with Gasteiger partial charge in [0, 0.05) is 6.04 Å². The molecule has 4 fully saturated rings. The lowest BCUT2D eigenvalue weighted by Crippen LogP contribution is -2.56. The molecule has 5 nitrogen and oxygen atoms in total. The van der Waals surface area contributed by atoms with E-state index in [0.717, 1.165) is 23.3 Å². The summed E-state index contributed by atoms with van der Waals surface area (Å²) in [6.07, 6.45) is 7.88. The summed E-state index contributed by atoms with van der Waals surface area (Å²) in [6.45, 7) is 3.61. The zero-order valence-electron chi connectivity index (χ0n) is 16.9. The van der Waals surface area contributed by atoms with Gasteiger partial charge in [-0.25, -0.2) is 4.79 Å². The summed E-state index contributed by atoms with van der Waals surface area (Å²) in [5, 5.41) is 3.12. The molecule has 4 saturated carbocycles. The second-order valence-electron chi connectivity index (χ2n) is 9.28. The predicted octanol–water partition coefficient (Wildman–Crippen LogP) is 3.64. The quantitative estimate of drug-likeness (QED) is 0.728. The lowest BCUT2D eigenvalue weighted by Gasteiger charge is -2.59. The van der Waals surface area contributed by atoms with Crippen LogP contribution in [0.3, 0.4) is 0 Å². The smallest absolute Gasteiger partial charge is 0.344 e. The zero-order valence-corrected chi connectivity index (χ0v) is 16.9. The van der Waals surface area contributed by atoms with Gasteiger partial charge in [-0.2, -0.15) is 0 Å². The number of carbonyl (C=O) groups excluding carboxylic acids is 2. The van der Waals surface area contributed by atoms with Gasteiger partial charge in [-0.1, -0.05) is 18.2 Å². The second kappa shape index (κ2) is 7.76. The van der Waals surface area contributed by atoms with Gasteiger partial charge in [-0.15, -0.1) is 0 Å². The normalized spacial score (nSPS) is 31.3. The molecular formula is C23H31NO4. The Kier molecular flexibility index (Phi) is 5.35.